The lowest BCUT2D eigenvalue weighted by molar-refractivity contribution is -0.161. The minimum absolute atomic E-state index is 0.128. The summed E-state index contributed by atoms with van der Waals surface area (Å²) in [6.07, 6.45) is 39.2. The first-order valence-electron chi connectivity index (χ1n) is 16.7. The molecule has 1 unspecified atom stereocenters. The molecule has 0 aliphatic heterocycles. The molecular formula is C36H59O8P. The van der Waals surface area contributed by atoms with Crippen LogP contribution in [-0.4, -0.2) is 41.0 Å². The molecule has 0 heterocycles. The van der Waals surface area contributed by atoms with Crippen molar-refractivity contribution in [2.45, 2.75) is 129 Å². The Balaban J connectivity index is 4.17. The molecule has 0 aromatic heterocycles. The quantitative estimate of drug-likeness (QED) is 0.0356. The van der Waals surface area contributed by atoms with Gasteiger partial charge in [-0.25, -0.2) is 4.57 Å². The minimum atomic E-state index is -4.76. The third-order valence-electron chi connectivity index (χ3n) is 6.44. The van der Waals surface area contributed by atoms with Crippen molar-refractivity contribution in [3.05, 3.63) is 72.9 Å². The fourth-order valence-corrected chi connectivity index (χ4v) is 4.36. The number of carbonyl (C=O) groups is 2. The summed E-state index contributed by atoms with van der Waals surface area (Å²) in [6, 6.07) is 0. The Morgan fingerprint density at radius 3 is 1.69 bits per heavy atom. The van der Waals surface area contributed by atoms with Gasteiger partial charge in [0.15, 0.2) is 6.10 Å². The van der Waals surface area contributed by atoms with Crippen molar-refractivity contribution in [2.24, 2.45) is 0 Å². The molecule has 0 aromatic carbocycles. The third kappa shape index (κ3) is 34.2. The predicted molar refractivity (Wildman–Crippen MR) is 184 cm³/mol. The van der Waals surface area contributed by atoms with E-state index in [1.54, 1.807) is 0 Å². The summed E-state index contributed by atoms with van der Waals surface area (Å²) < 4.78 is 26.1. The zero-order chi connectivity index (χ0) is 33.3. The van der Waals surface area contributed by atoms with Crippen LogP contribution in [0, 0.1) is 0 Å². The average molecular weight is 651 g/mol. The number of unbranched alkanes of at least 4 members (excludes halogenated alkanes) is 7. The monoisotopic (exact) mass is 650 g/mol. The summed E-state index contributed by atoms with van der Waals surface area (Å²) in [5.74, 6) is -0.977. The van der Waals surface area contributed by atoms with Crippen molar-refractivity contribution in [1.29, 1.82) is 0 Å². The Morgan fingerprint density at radius 1 is 0.600 bits per heavy atom. The number of rotatable bonds is 29. The van der Waals surface area contributed by atoms with Gasteiger partial charge in [0.05, 0.1) is 6.61 Å². The number of hydrogen-bond acceptors (Lipinski definition) is 6. The second-order valence-electron chi connectivity index (χ2n) is 10.7. The van der Waals surface area contributed by atoms with Gasteiger partial charge in [-0.15, -0.1) is 0 Å². The molecule has 9 heteroatoms. The normalized spacial score (nSPS) is 13.4. The topological polar surface area (TPSA) is 119 Å². The SMILES string of the molecule is CC/C=C\C/C=C\C/C=C\C/C=C\C/C=C\CCCC(=O)OC(COC(=O)CCCCCCC/C=C\CCC)COP(=O)(O)O. The van der Waals surface area contributed by atoms with Crippen molar-refractivity contribution >= 4 is 19.8 Å². The Kier molecular flexibility index (Phi) is 29.7. The summed E-state index contributed by atoms with van der Waals surface area (Å²) in [7, 11) is -4.76. The lowest BCUT2D eigenvalue weighted by Gasteiger charge is -2.18. The molecular weight excluding hydrogens is 591 g/mol. The highest BCUT2D eigenvalue weighted by atomic mass is 31.2. The number of allylic oxidation sites excluding steroid dienone is 12. The third-order valence-corrected chi connectivity index (χ3v) is 6.93. The van der Waals surface area contributed by atoms with E-state index in [1.807, 2.05) is 12.2 Å². The predicted octanol–water partition coefficient (Wildman–Crippen LogP) is 9.56. The maximum atomic E-state index is 12.3. The molecule has 0 bridgehead atoms. The van der Waals surface area contributed by atoms with Gasteiger partial charge in [-0.1, -0.05) is 112 Å². The smallest absolute Gasteiger partial charge is 0.462 e. The van der Waals surface area contributed by atoms with Crippen LogP contribution in [0.2, 0.25) is 0 Å². The van der Waals surface area contributed by atoms with Gasteiger partial charge in [-0.3, -0.25) is 14.1 Å². The highest BCUT2D eigenvalue weighted by Gasteiger charge is 2.22. The van der Waals surface area contributed by atoms with Gasteiger partial charge in [0.25, 0.3) is 0 Å². The zero-order valence-corrected chi connectivity index (χ0v) is 28.6. The number of hydrogen-bond donors (Lipinski definition) is 2. The number of esters is 2. The highest BCUT2D eigenvalue weighted by Crippen LogP contribution is 2.35. The fraction of sp³-hybridized carbons (Fsp3) is 0.611. The summed E-state index contributed by atoms with van der Waals surface area (Å²) >= 11 is 0. The van der Waals surface area contributed by atoms with Crippen LogP contribution in [0.3, 0.4) is 0 Å². The number of phosphoric ester groups is 1. The lowest BCUT2D eigenvalue weighted by atomic mass is 10.1. The van der Waals surface area contributed by atoms with Crippen molar-refractivity contribution in [3.8, 4) is 0 Å². The van der Waals surface area contributed by atoms with Crippen molar-refractivity contribution in [3.63, 3.8) is 0 Å². The summed E-state index contributed by atoms with van der Waals surface area (Å²) in [5.41, 5.74) is 0. The van der Waals surface area contributed by atoms with Gasteiger partial charge in [0, 0.05) is 12.8 Å². The van der Waals surface area contributed by atoms with Crippen molar-refractivity contribution in [1.82, 2.24) is 0 Å². The second kappa shape index (κ2) is 31.5. The summed E-state index contributed by atoms with van der Waals surface area (Å²) in [5, 5.41) is 0. The van der Waals surface area contributed by atoms with Crippen LogP contribution in [0.4, 0.5) is 0 Å². The fourth-order valence-electron chi connectivity index (χ4n) is 4.00. The summed E-state index contributed by atoms with van der Waals surface area (Å²) in [4.78, 5) is 42.5. The van der Waals surface area contributed by atoms with E-state index in [-0.39, 0.29) is 19.4 Å². The maximum absolute atomic E-state index is 12.3. The molecule has 1 atom stereocenters. The van der Waals surface area contributed by atoms with Gasteiger partial charge in [-0.05, 0) is 70.6 Å². The van der Waals surface area contributed by atoms with Crippen LogP contribution in [0.15, 0.2) is 72.9 Å². The zero-order valence-electron chi connectivity index (χ0n) is 27.7. The van der Waals surface area contributed by atoms with E-state index in [9.17, 15) is 14.2 Å². The Bertz CT molecular complexity index is 958. The first-order chi connectivity index (χ1) is 21.8. The molecule has 0 rings (SSSR count). The molecule has 0 saturated heterocycles. The minimum Gasteiger partial charge on any atom is -0.462 e. The number of ether oxygens (including phenoxy) is 2. The lowest BCUT2D eigenvalue weighted by Crippen LogP contribution is -2.29. The molecule has 0 spiro atoms. The van der Waals surface area contributed by atoms with E-state index < -0.39 is 32.5 Å². The van der Waals surface area contributed by atoms with Crippen LogP contribution in [0.1, 0.15) is 123 Å². The van der Waals surface area contributed by atoms with Gasteiger partial charge in [0.2, 0.25) is 0 Å². The summed E-state index contributed by atoms with van der Waals surface area (Å²) in [6.45, 7) is 3.41. The largest absolute Gasteiger partial charge is 0.469 e. The molecule has 2 N–H and O–H groups in total. The molecule has 0 aliphatic rings. The highest BCUT2D eigenvalue weighted by molar-refractivity contribution is 7.46. The number of phosphoric acid groups is 1. The van der Waals surface area contributed by atoms with Crippen molar-refractivity contribution in [2.75, 3.05) is 13.2 Å². The van der Waals surface area contributed by atoms with E-state index >= 15 is 0 Å². The average Bonchev–Trinajstić information content (AvgIpc) is 3.00. The molecule has 256 valence electrons. The van der Waals surface area contributed by atoms with Gasteiger partial charge in [0.1, 0.15) is 6.61 Å². The van der Waals surface area contributed by atoms with Crippen LogP contribution < -0.4 is 0 Å². The first kappa shape index (κ1) is 42.5. The van der Waals surface area contributed by atoms with Gasteiger partial charge in [-0.2, -0.15) is 0 Å². The van der Waals surface area contributed by atoms with E-state index in [4.69, 9.17) is 19.3 Å². The molecule has 0 amide bonds. The first-order valence-corrected chi connectivity index (χ1v) is 18.3. The Hall–Kier alpha value is -2.51. The number of carbonyl (C=O) groups excluding carboxylic acids is 2. The Morgan fingerprint density at radius 2 is 1.09 bits per heavy atom. The van der Waals surface area contributed by atoms with E-state index in [1.165, 1.54) is 6.42 Å². The Labute approximate surface area is 272 Å². The maximum Gasteiger partial charge on any atom is 0.469 e. The molecule has 0 aliphatic carbocycles. The second-order valence-corrected chi connectivity index (χ2v) is 12.0. The van der Waals surface area contributed by atoms with Crippen LogP contribution in [0.25, 0.3) is 0 Å². The van der Waals surface area contributed by atoms with E-state index in [2.05, 4.69) is 79.1 Å². The van der Waals surface area contributed by atoms with Crippen LogP contribution in [-0.2, 0) is 28.2 Å². The standard InChI is InChI=1S/C36H59O8P/c1-3-5-7-9-11-13-15-16-17-18-19-20-21-23-25-27-29-31-36(38)44-34(33-43-45(39,40)41)32-42-35(37)30-28-26-24-22-14-12-10-8-6-4-2/h5,7-8,10-11,13,16-17,19-20,23,25,34H,3-4,6,9,12,14-15,18,21-22,24,26-33H2,1-2H3,(H2,39,40,41)/b7-5-,10-8-,13-11-,17-16-,20-19-,25-23-. The molecule has 45 heavy (non-hydrogen) atoms. The molecule has 8 nitrogen and oxygen atoms in total. The van der Waals surface area contributed by atoms with Crippen LogP contribution in [0.5, 0.6) is 0 Å². The van der Waals surface area contributed by atoms with Crippen LogP contribution >= 0.6 is 7.82 Å². The van der Waals surface area contributed by atoms with E-state index in [0.29, 0.717) is 19.3 Å². The molecule has 0 saturated carbocycles. The molecule has 0 fully saturated rings. The van der Waals surface area contributed by atoms with E-state index in [0.717, 1.165) is 70.6 Å². The van der Waals surface area contributed by atoms with Gasteiger partial charge >= 0.3 is 19.8 Å². The molecule has 0 radical (unpaired) electrons. The van der Waals surface area contributed by atoms with Gasteiger partial charge < -0.3 is 19.3 Å². The molecule has 0 aromatic rings. The van der Waals surface area contributed by atoms with Crippen molar-refractivity contribution < 1.29 is 37.9 Å².